The van der Waals surface area contributed by atoms with Crippen molar-refractivity contribution in [3.63, 3.8) is 0 Å². The Bertz CT molecular complexity index is 1370. The summed E-state index contributed by atoms with van der Waals surface area (Å²) >= 11 is 0. The van der Waals surface area contributed by atoms with Crippen LogP contribution in [0.15, 0.2) is 66.9 Å². The number of hydrogen-bond donors (Lipinski definition) is 1. The zero-order chi connectivity index (χ0) is 23.2. The smallest absolute Gasteiger partial charge is 0.416 e. The van der Waals surface area contributed by atoms with E-state index in [1.54, 1.807) is 36.5 Å². The van der Waals surface area contributed by atoms with Gasteiger partial charge in [0.15, 0.2) is 12.4 Å². The Morgan fingerprint density at radius 3 is 2.55 bits per heavy atom. The minimum absolute atomic E-state index is 0.0510. The molecule has 0 amide bonds. The number of halogens is 3. The Hall–Kier alpha value is -4.07. The number of benzene rings is 3. The minimum atomic E-state index is -4.51. The van der Waals surface area contributed by atoms with E-state index >= 15 is 0 Å². The van der Waals surface area contributed by atoms with Crippen molar-refractivity contribution in [3.05, 3.63) is 83.6 Å². The molecule has 0 bridgehead atoms. The summed E-state index contributed by atoms with van der Waals surface area (Å²) in [6.07, 6.45) is -3.02. The third-order valence-electron chi connectivity index (χ3n) is 5.50. The summed E-state index contributed by atoms with van der Waals surface area (Å²) in [6.45, 7) is -0.0878. The first-order chi connectivity index (χ1) is 15.8. The molecule has 1 aliphatic heterocycles. The lowest BCUT2D eigenvalue weighted by Crippen LogP contribution is -2.17. The molecular weight excluding hydrogens is 435 g/mol. The van der Waals surface area contributed by atoms with Crippen LogP contribution >= 0.6 is 0 Å². The maximum Gasteiger partial charge on any atom is 0.416 e. The number of aromatic nitrogens is 1. The van der Waals surface area contributed by atoms with Gasteiger partial charge in [-0.2, -0.15) is 13.2 Å². The third-order valence-corrected chi connectivity index (χ3v) is 5.50. The third kappa shape index (κ3) is 3.73. The zero-order valence-corrected chi connectivity index (χ0v) is 17.0. The highest BCUT2D eigenvalue weighted by Crippen LogP contribution is 2.48. The highest BCUT2D eigenvalue weighted by molar-refractivity contribution is 5.92. The molecule has 0 spiro atoms. The van der Waals surface area contributed by atoms with Crippen LogP contribution in [0.2, 0.25) is 0 Å². The molecule has 0 fully saturated rings. The molecule has 1 atom stereocenters. The van der Waals surface area contributed by atoms with Gasteiger partial charge in [-0.3, -0.25) is 9.78 Å². The summed E-state index contributed by atoms with van der Waals surface area (Å²) in [4.78, 5) is 15.0. The predicted octanol–water partition coefficient (Wildman–Crippen LogP) is 5.69. The first kappa shape index (κ1) is 20.8. The molecule has 0 aliphatic carbocycles. The lowest BCUT2D eigenvalue weighted by Gasteiger charge is -2.30. The number of phenols is 1. The van der Waals surface area contributed by atoms with E-state index in [0.717, 1.165) is 17.7 Å². The van der Waals surface area contributed by atoms with E-state index in [2.05, 4.69) is 4.98 Å². The molecule has 1 aliphatic rings. The molecule has 0 saturated carbocycles. The fourth-order valence-electron chi connectivity index (χ4n) is 4.01. The number of phenolic OH excluding ortho intramolecular Hbond substituents is 1. The second kappa shape index (κ2) is 7.81. The Kier molecular flexibility index (Phi) is 4.92. The largest absolute Gasteiger partial charge is 0.508 e. The van der Waals surface area contributed by atoms with Crippen LogP contribution in [-0.2, 0) is 11.0 Å². The van der Waals surface area contributed by atoms with Gasteiger partial charge in [-0.1, -0.05) is 12.1 Å². The zero-order valence-electron chi connectivity index (χ0n) is 17.0. The number of fused-ring (bicyclic) bond motifs is 5. The van der Waals surface area contributed by atoms with Gasteiger partial charge in [0, 0.05) is 34.3 Å². The highest BCUT2D eigenvalue weighted by Gasteiger charge is 2.35. The molecule has 5 rings (SSSR count). The first-order valence-electron chi connectivity index (χ1n) is 10.0. The molecule has 1 aromatic heterocycles. The van der Waals surface area contributed by atoms with Gasteiger partial charge in [0.1, 0.15) is 23.9 Å². The van der Waals surface area contributed by atoms with Crippen LogP contribution in [0.25, 0.3) is 22.0 Å². The molecule has 0 radical (unpaired) electrons. The van der Waals surface area contributed by atoms with Crippen molar-refractivity contribution < 1.29 is 32.5 Å². The van der Waals surface area contributed by atoms with Gasteiger partial charge < -0.3 is 14.6 Å². The van der Waals surface area contributed by atoms with E-state index in [1.165, 1.54) is 18.2 Å². The van der Waals surface area contributed by atoms with Gasteiger partial charge in [-0.05, 0) is 48.0 Å². The summed E-state index contributed by atoms with van der Waals surface area (Å²) in [7, 11) is 0. The molecular formula is C25H16F3NO4. The number of aldehydes is 1. The first-order valence-corrected chi connectivity index (χ1v) is 10.0. The minimum Gasteiger partial charge on any atom is -0.508 e. The molecule has 5 nitrogen and oxygen atoms in total. The number of carbonyl (C=O) groups excluding carboxylic acids is 1. The van der Waals surface area contributed by atoms with Crippen LogP contribution in [-0.4, -0.2) is 23.0 Å². The average Bonchev–Trinajstić information content (AvgIpc) is 2.81. The van der Waals surface area contributed by atoms with Gasteiger partial charge in [0.2, 0.25) is 0 Å². The van der Waals surface area contributed by atoms with E-state index in [4.69, 9.17) is 9.47 Å². The summed E-state index contributed by atoms with van der Waals surface area (Å²) in [6, 6.07) is 15.0. The predicted molar refractivity (Wildman–Crippen MR) is 114 cm³/mol. The van der Waals surface area contributed by atoms with E-state index in [9.17, 15) is 23.1 Å². The number of rotatable bonds is 4. The van der Waals surface area contributed by atoms with Crippen molar-refractivity contribution >= 4 is 17.2 Å². The molecule has 1 N–H and O–H groups in total. The summed E-state index contributed by atoms with van der Waals surface area (Å²) in [5, 5.41) is 10.6. The van der Waals surface area contributed by atoms with Crippen molar-refractivity contribution in [1.82, 2.24) is 4.98 Å². The molecule has 8 heteroatoms. The quantitative estimate of drug-likeness (QED) is 0.404. The van der Waals surface area contributed by atoms with Gasteiger partial charge >= 0.3 is 6.18 Å². The van der Waals surface area contributed by atoms with Crippen LogP contribution in [0.4, 0.5) is 13.2 Å². The summed E-state index contributed by atoms with van der Waals surface area (Å²) in [5.41, 5.74) is 2.28. The molecule has 3 aromatic carbocycles. The van der Waals surface area contributed by atoms with Crippen molar-refractivity contribution in [2.45, 2.75) is 12.3 Å². The lowest BCUT2D eigenvalue weighted by molar-refractivity contribution is -0.137. The van der Waals surface area contributed by atoms with E-state index in [0.29, 0.717) is 39.6 Å². The molecule has 166 valence electrons. The standard InChI is InChI=1S/C25H16F3NO4/c26-25(27,28)15-3-7-18-20-13-29-21-12-16(31)4-8-19(21)23(20)24(33-22(18)11-15)14-1-5-17(6-2-14)32-10-9-30/h1-9,11-13,24,31H,10H2. The molecule has 1 unspecified atom stereocenters. The number of alkyl halides is 3. The van der Waals surface area contributed by atoms with Crippen LogP contribution < -0.4 is 9.47 Å². The van der Waals surface area contributed by atoms with Crippen LogP contribution in [0, 0.1) is 0 Å². The van der Waals surface area contributed by atoms with E-state index in [1.807, 2.05) is 0 Å². The maximum absolute atomic E-state index is 13.3. The SMILES string of the molecule is O=CCOc1ccc(C2Oc3cc(C(F)(F)F)ccc3-c3cnc4cc(O)ccc4c32)cc1. The monoisotopic (exact) mass is 451 g/mol. The second-order valence-electron chi connectivity index (χ2n) is 7.54. The molecule has 0 saturated heterocycles. The van der Waals surface area contributed by atoms with Crippen LogP contribution in [0.1, 0.15) is 22.8 Å². The topological polar surface area (TPSA) is 68.7 Å². The van der Waals surface area contributed by atoms with Crippen LogP contribution in [0.3, 0.4) is 0 Å². The van der Waals surface area contributed by atoms with Crippen molar-refractivity contribution in [2.24, 2.45) is 0 Å². The van der Waals surface area contributed by atoms with Crippen molar-refractivity contribution in [3.8, 4) is 28.4 Å². The number of pyridine rings is 1. The van der Waals surface area contributed by atoms with E-state index in [-0.39, 0.29) is 18.1 Å². The summed E-state index contributed by atoms with van der Waals surface area (Å²) < 4.78 is 51.4. The fraction of sp³-hybridized carbons (Fsp3) is 0.120. The summed E-state index contributed by atoms with van der Waals surface area (Å²) in [5.74, 6) is 0.629. The van der Waals surface area contributed by atoms with Gasteiger partial charge in [-0.15, -0.1) is 0 Å². The Morgan fingerprint density at radius 1 is 1.03 bits per heavy atom. The molecule has 2 heterocycles. The normalized spacial score (nSPS) is 14.8. The highest BCUT2D eigenvalue weighted by atomic mass is 19.4. The van der Waals surface area contributed by atoms with Gasteiger partial charge in [0.25, 0.3) is 0 Å². The number of carbonyl (C=O) groups is 1. The number of aromatic hydroxyl groups is 1. The van der Waals surface area contributed by atoms with E-state index < -0.39 is 17.8 Å². The Balaban J connectivity index is 1.70. The lowest BCUT2D eigenvalue weighted by atomic mass is 9.87. The number of hydrogen-bond acceptors (Lipinski definition) is 5. The molecule has 4 aromatic rings. The molecule has 33 heavy (non-hydrogen) atoms. The van der Waals surface area contributed by atoms with Crippen LogP contribution in [0.5, 0.6) is 17.2 Å². The maximum atomic E-state index is 13.3. The van der Waals surface area contributed by atoms with Gasteiger partial charge in [-0.25, -0.2) is 0 Å². The Labute approximate surface area is 186 Å². The van der Waals surface area contributed by atoms with Crippen molar-refractivity contribution in [1.29, 1.82) is 0 Å². The fourth-order valence-corrected chi connectivity index (χ4v) is 4.01. The van der Waals surface area contributed by atoms with Gasteiger partial charge in [0.05, 0.1) is 11.1 Å². The van der Waals surface area contributed by atoms with Crippen molar-refractivity contribution in [2.75, 3.05) is 6.61 Å². The average molecular weight is 451 g/mol. The number of nitrogens with zero attached hydrogens (tertiary/aromatic N) is 1. The Morgan fingerprint density at radius 2 is 1.82 bits per heavy atom. The second-order valence-corrected chi connectivity index (χ2v) is 7.54. The number of ether oxygens (including phenoxy) is 2.